The Kier molecular flexibility index (Phi) is 33.2. The molecule has 5 aliphatic heterocycles. The number of carboxylic acid groups (broad SMARTS) is 2. The van der Waals surface area contributed by atoms with Crippen LogP contribution in [0.3, 0.4) is 0 Å². The molecular formula is C41H73N3O49S8. The van der Waals surface area contributed by atoms with Gasteiger partial charge in [0, 0.05) is 42.6 Å². The minimum Gasteiger partial charge on any atom is -0.479 e. The van der Waals surface area contributed by atoms with Crippen molar-refractivity contribution in [3.8, 4) is 0 Å². The molecule has 0 aromatic carbocycles. The predicted octanol–water partition coefficient (Wildman–Crippen LogP) is -2.93. The molecule has 0 amide bonds. The smallest absolute Gasteiger partial charge is 0.397 e. The molecule has 5 saturated heterocycles. The Bertz CT molecular complexity index is 3140. The molecule has 0 radical (unpaired) electrons. The van der Waals surface area contributed by atoms with Crippen LogP contribution in [0, 0.1) is 0 Å². The molecule has 5 fully saturated rings. The second-order valence-corrected chi connectivity index (χ2v) is 27.1. The topological polar surface area (TPSA) is 674 Å². The van der Waals surface area contributed by atoms with Crippen LogP contribution in [0.2, 0.25) is 0 Å². The molecule has 26 atom stereocenters. The fourth-order valence-electron chi connectivity index (χ4n) is 11.1. The number of nitrogens with zero attached hydrogens (tertiary/aromatic N) is 1. The van der Waals surface area contributed by atoms with Crippen molar-refractivity contribution in [3.05, 3.63) is 0 Å². The van der Waals surface area contributed by atoms with Crippen LogP contribution >= 0.6 is 61.3 Å². The van der Waals surface area contributed by atoms with Crippen molar-refractivity contribution in [1.82, 2.24) is 13.7 Å². The normalized spacial score (nSPS) is 42.1. The van der Waals surface area contributed by atoms with E-state index in [1.165, 1.54) is 6.92 Å². The van der Waals surface area contributed by atoms with E-state index in [1.807, 2.05) is 0 Å². The number of aliphatic carboxylic acids is 2. The van der Waals surface area contributed by atoms with Crippen molar-refractivity contribution in [1.29, 1.82) is 0 Å². The first-order valence-electron chi connectivity index (χ1n) is 29.0. The fraction of sp³-hybridized carbons (Fsp3) is 0.951. The summed E-state index contributed by atoms with van der Waals surface area (Å²) in [4.78, 5) is 27.7. The number of carbonyl (C=O) groups is 2. The Morgan fingerprint density at radius 2 is 1.22 bits per heavy atom. The second kappa shape index (κ2) is 40.0. The van der Waals surface area contributed by atoms with Gasteiger partial charge in [-0.05, 0) is 34.6 Å². The first kappa shape index (κ1) is 83.9. The van der Waals surface area contributed by atoms with E-state index < -0.39 is 226 Å². The molecule has 0 aromatic heterocycles. The van der Waals surface area contributed by atoms with Gasteiger partial charge in [0.25, 0.3) is 0 Å². The molecule has 101 heavy (non-hydrogen) atoms. The minimum absolute atomic E-state index is 0.0130. The summed E-state index contributed by atoms with van der Waals surface area (Å²) in [6.07, 6.45) is -53.2. The lowest BCUT2D eigenvalue weighted by Crippen LogP contribution is -2.77. The number of hydrogen-bond donors (Lipinski definition) is 14. The molecule has 594 valence electrons. The third kappa shape index (κ3) is 23.0. The third-order valence-corrected chi connectivity index (χ3v) is 18.9. The average molecular weight is 1650 g/mol. The van der Waals surface area contributed by atoms with Gasteiger partial charge in [0.2, 0.25) is 0 Å². The number of hydrogen-bond acceptors (Lipinski definition) is 52. The highest BCUT2D eigenvalue weighted by Crippen LogP contribution is 2.49. The van der Waals surface area contributed by atoms with E-state index in [9.17, 15) is 84.9 Å². The predicted molar refractivity (Wildman–Crippen MR) is 313 cm³/mol. The quantitative estimate of drug-likeness (QED) is 0.00725. The van der Waals surface area contributed by atoms with Gasteiger partial charge >= 0.3 is 43.1 Å². The maximum Gasteiger partial charge on any atom is 0.397 e. The molecule has 11 unspecified atom stereocenters. The number of ether oxygens (including phenoxy) is 14. The Hall–Kier alpha value is -1.14. The summed E-state index contributed by atoms with van der Waals surface area (Å²) in [5, 5.41) is 111. The van der Waals surface area contributed by atoms with Gasteiger partial charge in [-0.25, -0.2) is 62.2 Å². The van der Waals surface area contributed by atoms with Gasteiger partial charge < -0.3 is 86.7 Å². The summed E-state index contributed by atoms with van der Waals surface area (Å²) < 4.78 is 279. The fourth-order valence-corrected chi connectivity index (χ4v) is 14.5. The number of rotatable bonds is 44. The van der Waals surface area contributed by atoms with Crippen molar-refractivity contribution in [2.75, 3.05) is 55.8 Å². The molecule has 0 bridgehead atoms. The summed E-state index contributed by atoms with van der Waals surface area (Å²) >= 11 is -0.656. The number of nitrogens with one attached hydrogen (secondary N) is 2. The molecule has 0 aliphatic carbocycles. The second-order valence-electron chi connectivity index (χ2n) is 21.0. The summed E-state index contributed by atoms with van der Waals surface area (Å²) in [6, 6.07) is -5.85. The Labute approximate surface area is 598 Å². The Balaban J connectivity index is 1.77. The van der Waals surface area contributed by atoms with E-state index in [0.29, 0.717) is 34.8 Å². The van der Waals surface area contributed by atoms with E-state index in [1.54, 1.807) is 0 Å². The summed E-state index contributed by atoms with van der Waals surface area (Å²) in [5.41, 5.74) is -12.9. The first-order chi connectivity index (χ1) is 48.7. The van der Waals surface area contributed by atoms with Gasteiger partial charge in [-0.2, -0.15) is 25.3 Å². The SMILES string of the molecule is [2H]C1(OC)C(C)(O)[C@]([2H])(O[C@H]2O[C@@H](COSOOO)[C@@H](OC)C(C)(OC)C2N(C)SOOO)[C@]([2H])(C(=O)O)O[C@@]1([2H])O[C@]1(C)C(C(C)OS(=O)(=O)O)O[C@H](O[C@]2(C)C(C(=O)O)O[C@@H](O[C@H]3C(OC)C(NSOOO)[C@@H](OC)O[C@H]3COS(=O)(=O)O)C(OS(=O)(=O)O)[C@@H]2O)C(NSOOO)[C@H]1OSOOO. The minimum atomic E-state index is -6.04. The molecule has 0 saturated carbocycles. The summed E-state index contributed by atoms with van der Waals surface area (Å²) in [7, 11) is -11.6. The van der Waals surface area contributed by atoms with Crippen LogP contribution in [-0.4, -0.2) is 315 Å². The van der Waals surface area contributed by atoms with Gasteiger partial charge in [-0.15, -0.1) is 21.7 Å². The Morgan fingerprint density at radius 3 is 1.74 bits per heavy atom. The largest absolute Gasteiger partial charge is 0.479 e. The van der Waals surface area contributed by atoms with E-state index in [2.05, 4.69) is 60.5 Å². The highest BCUT2D eigenvalue weighted by Gasteiger charge is 2.69. The highest BCUT2D eigenvalue weighted by molar-refractivity contribution is 7.93. The first-order valence-corrected chi connectivity index (χ1v) is 34.6. The van der Waals surface area contributed by atoms with Crippen LogP contribution in [0.1, 0.15) is 40.1 Å². The van der Waals surface area contributed by atoms with Gasteiger partial charge in [0.1, 0.15) is 138 Å². The molecular weight excluding hydrogens is 1570 g/mol. The maximum atomic E-state index is 14.0. The molecule has 5 heterocycles. The zero-order valence-electron chi connectivity index (χ0n) is 57.0. The molecule has 5 aliphatic rings. The Morgan fingerprint density at radius 1 is 0.614 bits per heavy atom. The zero-order valence-corrected chi connectivity index (χ0v) is 59.5. The lowest BCUT2D eigenvalue weighted by Gasteiger charge is -2.58. The zero-order chi connectivity index (χ0) is 79.5. The highest BCUT2D eigenvalue weighted by atomic mass is 32.3. The van der Waals surface area contributed by atoms with E-state index in [0.717, 1.165) is 39.8 Å². The number of methoxy groups -OCH3 is 5. The van der Waals surface area contributed by atoms with Crippen LogP contribution in [0.4, 0.5) is 0 Å². The molecule has 0 aromatic rings. The molecule has 52 nitrogen and oxygen atoms in total. The summed E-state index contributed by atoms with van der Waals surface area (Å²) in [5.74, 6) is -5.03. The average Bonchev–Trinajstić information content (AvgIpc) is 0.669. The van der Waals surface area contributed by atoms with Crippen molar-refractivity contribution in [2.24, 2.45) is 0 Å². The maximum absolute atomic E-state index is 14.0. The van der Waals surface area contributed by atoms with Gasteiger partial charge in [-0.3, -0.25) is 22.0 Å². The monoisotopic (exact) mass is 1650 g/mol. The van der Waals surface area contributed by atoms with Crippen molar-refractivity contribution < 1.29 is 235 Å². The van der Waals surface area contributed by atoms with Crippen molar-refractivity contribution in [2.45, 2.75) is 192 Å². The number of aliphatic hydroxyl groups is 2. The van der Waals surface area contributed by atoms with E-state index in [4.69, 9.17) is 98.8 Å². The van der Waals surface area contributed by atoms with Crippen LogP contribution in [0.5, 0.6) is 0 Å². The molecule has 5 rings (SSSR count). The lowest BCUT2D eigenvalue weighted by molar-refractivity contribution is -0.437. The van der Waals surface area contributed by atoms with Gasteiger partial charge in [0.15, 0.2) is 74.4 Å². The molecule has 0 spiro atoms. The molecule has 14 N–H and O–H groups in total. The van der Waals surface area contributed by atoms with Crippen LogP contribution in [-0.2, 0) is 175 Å². The number of carboxylic acids is 2. The van der Waals surface area contributed by atoms with Crippen LogP contribution in [0.25, 0.3) is 0 Å². The van der Waals surface area contributed by atoms with Crippen LogP contribution in [0.15, 0.2) is 0 Å². The van der Waals surface area contributed by atoms with Crippen molar-refractivity contribution in [3.63, 3.8) is 0 Å². The van der Waals surface area contributed by atoms with Gasteiger partial charge in [-0.1, -0.05) is 25.2 Å². The van der Waals surface area contributed by atoms with Crippen molar-refractivity contribution >= 4 is 104 Å². The lowest BCUT2D eigenvalue weighted by atomic mass is 9.80. The van der Waals surface area contributed by atoms with E-state index in [-0.39, 0.29) is 49.0 Å². The van der Waals surface area contributed by atoms with Gasteiger partial charge in [0.05, 0.1) is 24.7 Å². The number of likely N-dealkylation sites (N-methyl/N-ethyl adjacent to an activating group) is 1. The number of aliphatic hydroxyl groups excluding tert-OH is 1. The van der Waals surface area contributed by atoms with Crippen LogP contribution < -0.4 is 9.44 Å². The molecule has 60 heteroatoms. The summed E-state index contributed by atoms with van der Waals surface area (Å²) in [6.45, 7) is 1.40. The third-order valence-electron chi connectivity index (χ3n) is 15.1. The standard InChI is InChI=1S/C41H73N3O49S8/c1-14(82-100(59,60)61)25-41(5,80-37-30(67-9)38(2,50)28(22(75-37)31(46)47)77-36-23(44(6)96-91-86-53)39(3,69-11)26(66-8)16(73-36)12-70-97-92-87-54)27(81-98-93-88-55)18(43-95-90-85-52)34(76-25)79-40(4)24(45)21(83-101(62,63)64)35(78-29(40)32(48)49)74-19-15(13-71-99(56,57)58)72-33(68-10)17(20(19)65-7)42-94-89-84-51/h14-30,33-37,42-43,45,50-55H,12-13H2,1-11H3,(H,46,47)(H,48,49)(H,56,57,58)(H,59,60,61)(H,62,63,64)/t14?,15-,16-,17?,18?,19+,20?,21?,22+,23?,24-,25?,26+,27+,28+,29?,30?,33-,34+,35+,36+,37-,38?,39?,40-,41+/m0/s1/i22D,28D,30D,37D. The van der Waals surface area contributed by atoms with E-state index >= 15 is 0 Å².